The van der Waals surface area contributed by atoms with Gasteiger partial charge in [0.05, 0.1) is 13.0 Å². The van der Waals surface area contributed by atoms with Crippen molar-refractivity contribution in [3.63, 3.8) is 0 Å². The van der Waals surface area contributed by atoms with Gasteiger partial charge in [0.2, 0.25) is 0 Å². The SMILES string of the molecule is CCOC(=O)CCN(C(N)=O)c1ccc(N2CCN(C(=O)OC(C)(C)C)CC2)cc1C. The van der Waals surface area contributed by atoms with Crippen LogP contribution in [0.5, 0.6) is 0 Å². The minimum Gasteiger partial charge on any atom is -0.466 e. The molecule has 1 saturated heterocycles. The van der Waals surface area contributed by atoms with Crippen molar-refractivity contribution in [3.05, 3.63) is 23.8 Å². The Labute approximate surface area is 184 Å². The van der Waals surface area contributed by atoms with Crippen LogP contribution >= 0.6 is 0 Å². The number of urea groups is 1. The van der Waals surface area contributed by atoms with Gasteiger partial charge in [-0.2, -0.15) is 0 Å². The first-order valence-corrected chi connectivity index (χ1v) is 10.6. The zero-order valence-corrected chi connectivity index (χ0v) is 19.1. The van der Waals surface area contributed by atoms with Gasteiger partial charge < -0.3 is 25.0 Å². The number of aryl methyl sites for hydroxylation is 1. The maximum Gasteiger partial charge on any atom is 0.410 e. The second-order valence-electron chi connectivity index (χ2n) is 8.47. The summed E-state index contributed by atoms with van der Waals surface area (Å²) in [6.45, 7) is 12.2. The first-order valence-electron chi connectivity index (χ1n) is 10.6. The highest BCUT2D eigenvalue weighted by molar-refractivity contribution is 5.92. The predicted octanol–water partition coefficient (Wildman–Crippen LogP) is 2.89. The van der Waals surface area contributed by atoms with E-state index in [1.165, 1.54) is 4.90 Å². The maximum absolute atomic E-state index is 12.2. The third kappa shape index (κ3) is 7.04. The number of hydrogen-bond acceptors (Lipinski definition) is 6. The summed E-state index contributed by atoms with van der Waals surface area (Å²) in [5.41, 5.74) is 7.56. The van der Waals surface area contributed by atoms with Gasteiger partial charge in [0.25, 0.3) is 0 Å². The van der Waals surface area contributed by atoms with Gasteiger partial charge in [0.1, 0.15) is 5.60 Å². The zero-order chi connectivity index (χ0) is 23.2. The lowest BCUT2D eigenvalue weighted by Gasteiger charge is -2.37. The van der Waals surface area contributed by atoms with Crippen LogP contribution in [0.3, 0.4) is 0 Å². The Hall–Kier alpha value is -2.97. The lowest BCUT2D eigenvalue weighted by atomic mass is 10.1. The Bertz CT molecular complexity index is 798. The van der Waals surface area contributed by atoms with E-state index in [0.717, 1.165) is 11.3 Å². The molecule has 1 aromatic rings. The van der Waals surface area contributed by atoms with Crippen molar-refractivity contribution in [2.75, 3.05) is 49.1 Å². The zero-order valence-electron chi connectivity index (χ0n) is 19.1. The van der Waals surface area contributed by atoms with Crippen molar-refractivity contribution in [2.24, 2.45) is 5.73 Å². The predicted molar refractivity (Wildman–Crippen MR) is 119 cm³/mol. The van der Waals surface area contributed by atoms with Gasteiger partial charge in [-0.1, -0.05) is 0 Å². The number of primary amides is 1. The molecule has 0 aliphatic carbocycles. The molecule has 3 amide bonds. The van der Waals surface area contributed by atoms with Crippen LogP contribution in [-0.2, 0) is 14.3 Å². The Morgan fingerprint density at radius 2 is 1.77 bits per heavy atom. The third-order valence-electron chi connectivity index (χ3n) is 4.88. The average Bonchev–Trinajstić information content (AvgIpc) is 2.68. The third-order valence-corrected chi connectivity index (χ3v) is 4.88. The van der Waals surface area contributed by atoms with E-state index in [9.17, 15) is 14.4 Å². The highest BCUT2D eigenvalue weighted by Gasteiger charge is 2.26. The molecule has 9 heteroatoms. The van der Waals surface area contributed by atoms with E-state index in [0.29, 0.717) is 38.5 Å². The van der Waals surface area contributed by atoms with Crippen LogP contribution in [0.25, 0.3) is 0 Å². The Balaban J connectivity index is 2.02. The normalized spacial score (nSPS) is 14.2. The molecule has 31 heavy (non-hydrogen) atoms. The van der Waals surface area contributed by atoms with Gasteiger partial charge in [-0.15, -0.1) is 0 Å². The first-order chi connectivity index (χ1) is 14.5. The van der Waals surface area contributed by atoms with Crippen LogP contribution < -0.4 is 15.5 Å². The summed E-state index contributed by atoms with van der Waals surface area (Å²) in [7, 11) is 0. The molecule has 2 rings (SSSR count). The number of anilines is 2. The molecule has 0 spiro atoms. The summed E-state index contributed by atoms with van der Waals surface area (Å²) in [5.74, 6) is -0.370. The van der Waals surface area contributed by atoms with Crippen LogP contribution in [0.15, 0.2) is 18.2 Å². The largest absolute Gasteiger partial charge is 0.466 e. The summed E-state index contributed by atoms with van der Waals surface area (Å²) in [4.78, 5) is 41.1. The summed E-state index contributed by atoms with van der Waals surface area (Å²) < 4.78 is 10.4. The minimum atomic E-state index is -0.619. The van der Waals surface area contributed by atoms with Gasteiger partial charge in [-0.05, 0) is 58.4 Å². The number of nitrogens with two attached hydrogens (primary N) is 1. The van der Waals surface area contributed by atoms with E-state index in [1.807, 2.05) is 45.9 Å². The fraction of sp³-hybridized carbons (Fsp3) is 0.591. The molecule has 1 heterocycles. The van der Waals surface area contributed by atoms with Gasteiger partial charge in [0, 0.05) is 44.1 Å². The van der Waals surface area contributed by atoms with Gasteiger partial charge in [-0.25, -0.2) is 9.59 Å². The second-order valence-corrected chi connectivity index (χ2v) is 8.47. The number of carbonyl (C=O) groups excluding carboxylic acids is 3. The van der Waals surface area contributed by atoms with Gasteiger partial charge >= 0.3 is 18.1 Å². The molecule has 0 aromatic heterocycles. The number of carbonyl (C=O) groups is 3. The summed E-state index contributed by atoms with van der Waals surface area (Å²) >= 11 is 0. The molecular formula is C22H34N4O5. The monoisotopic (exact) mass is 434 g/mol. The van der Waals surface area contributed by atoms with E-state index in [4.69, 9.17) is 15.2 Å². The van der Waals surface area contributed by atoms with E-state index in [2.05, 4.69) is 4.90 Å². The molecule has 0 atom stereocenters. The minimum absolute atomic E-state index is 0.0740. The lowest BCUT2D eigenvalue weighted by molar-refractivity contribution is -0.142. The Kier molecular flexibility index (Phi) is 8.13. The number of benzene rings is 1. The molecule has 0 unspecified atom stereocenters. The second kappa shape index (κ2) is 10.4. The topological polar surface area (TPSA) is 105 Å². The van der Waals surface area contributed by atoms with Crippen molar-refractivity contribution in [3.8, 4) is 0 Å². The fourth-order valence-corrected chi connectivity index (χ4v) is 3.40. The molecule has 0 saturated carbocycles. The van der Waals surface area contributed by atoms with E-state index >= 15 is 0 Å². The maximum atomic E-state index is 12.2. The van der Waals surface area contributed by atoms with Gasteiger partial charge in [-0.3, -0.25) is 9.69 Å². The summed E-state index contributed by atoms with van der Waals surface area (Å²) in [5, 5.41) is 0. The standard InChI is InChI=1S/C22H34N4O5/c1-6-30-19(27)9-10-26(20(23)28)18-8-7-17(15-16(18)2)24-11-13-25(14-12-24)21(29)31-22(3,4)5/h7-8,15H,6,9-14H2,1-5H3,(H2,23,28). The fourth-order valence-electron chi connectivity index (χ4n) is 3.40. The van der Waals surface area contributed by atoms with Gasteiger partial charge in [0.15, 0.2) is 0 Å². The summed E-state index contributed by atoms with van der Waals surface area (Å²) in [6.07, 6.45) is -0.220. The van der Waals surface area contributed by atoms with Crippen LogP contribution in [0, 0.1) is 6.92 Å². The van der Waals surface area contributed by atoms with E-state index in [-0.39, 0.29) is 25.0 Å². The number of amides is 3. The van der Waals surface area contributed by atoms with E-state index in [1.54, 1.807) is 11.8 Å². The van der Waals surface area contributed by atoms with Crippen LogP contribution in [0.4, 0.5) is 21.0 Å². The molecular weight excluding hydrogens is 400 g/mol. The average molecular weight is 435 g/mol. The van der Waals surface area contributed by atoms with Crippen LogP contribution in [0.1, 0.15) is 39.7 Å². The highest BCUT2D eigenvalue weighted by atomic mass is 16.6. The number of piperazine rings is 1. The number of nitrogens with zero attached hydrogens (tertiary/aromatic N) is 3. The highest BCUT2D eigenvalue weighted by Crippen LogP contribution is 2.27. The van der Waals surface area contributed by atoms with Crippen LogP contribution in [0.2, 0.25) is 0 Å². The van der Waals surface area contributed by atoms with Crippen molar-refractivity contribution >= 4 is 29.5 Å². The van der Waals surface area contributed by atoms with E-state index < -0.39 is 11.6 Å². The molecule has 1 fully saturated rings. The molecule has 1 aliphatic heterocycles. The Morgan fingerprint density at radius 3 is 2.29 bits per heavy atom. The summed E-state index contributed by atoms with van der Waals surface area (Å²) in [6, 6.07) is 5.12. The van der Waals surface area contributed by atoms with Crippen molar-refractivity contribution in [1.29, 1.82) is 0 Å². The number of esters is 1. The number of ether oxygens (including phenoxy) is 2. The van der Waals surface area contributed by atoms with Crippen molar-refractivity contribution < 1.29 is 23.9 Å². The lowest BCUT2D eigenvalue weighted by Crippen LogP contribution is -2.50. The molecule has 2 N–H and O–H groups in total. The van der Waals surface area contributed by atoms with Crippen LogP contribution in [-0.4, -0.2) is 67.9 Å². The quantitative estimate of drug-likeness (QED) is 0.690. The molecule has 9 nitrogen and oxygen atoms in total. The molecule has 1 aromatic carbocycles. The molecule has 172 valence electrons. The van der Waals surface area contributed by atoms with Crippen molar-refractivity contribution in [2.45, 2.75) is 46.6 Å². The first kappa shape index (κ1) is 24.3. The van der Waals surface area contributed by atoms with Crippen molar-refractivity contribution in [1.82, 2.24) is 4.90 Å². The molecule has 0 radical (unpaired) electrons. The Morgan fingerprint density at radius 1 is 1.13 bits per heavy atom. The molecule has 0 bridgehead atoms. The smallest absolute Gasteiger partial charge is 0.410 e. The number of hydrogen-bond donors (Lipinski definition) is 1. The molecule has 1 aliphatic rings. The number of rotatable bonds is 6.